The van der Waals surface area contributed by atoms with Crippen molar-refractivity contribution in [3.05, 3.63) is 23.8 Å². The van der Waals surface area contributed by atoms with Crippen molar-refractivity contribution < 1.29 is 13.9 Å². The zero-order chi connectivity index (χ0) is 20.7. The molecule has 2 atom stereocenters. The van der Waals surface area contributed by atoms with Crippen LogP contribution in [-0.4, -0.2) is 67.3 Å². The molecule has 0 radical (unpaired) electrons. The van der Waals surface area contributed by atoms with E-state index in [0.29, 0.717) is 40.9 Å². The van der Waals surface area contributed by atoms with Crippen molar-refractivity contribution in [3.8, 4) is 0 Å². The van der Waals surface area contributed by atoms with E-state index in [1.54, 1.807) is 7.11 Å². The first-order valence-corrected chi connectivity index (χ1v) is 11.3. The molecular formula is C23H32N4O3. The first kappa shape index (κ1) is 19.8. The zero-order valence-electron chi connectivity index (χ0n) is 18.0. The minimum absolute atomic E-state index is 0.0360. The third-order valence-electron chi connectivity index (χ3n) is 7.37. The first-order chi connectivity index (χ1) is 14.6. The van der Waals surface area contributed by atoms with Crippen LogP contribution in [0.5, 0.6) is 0 Å². The van der Waals surface area contributed by atoms with Crippen molar-refractivity contribution in [2.75, 3.05) is 32.1 Å². The smallest absolute Gasteiger partial charge is 0.298 e. The van der Waals surface area contributed by atoms with E-state index >= 15 is 0 Å². The molecule has 3 fully saturated rings. The molecule has 1 aromatic heterocycles. The number of benzene rings is 1. The van der Waals surface area contributed by atoms with Gasteiger partial charge in [0.1, 0.15) is 5.52 Å². The van der Waals surface area contributed by atoms with Crippen LogP contribution in [0, 0.1) is 0 Å². The van der Waals surface area contributed by atoms with Crippen LogP contribution in [0.15, 0.2) is 22.6 Å². The van der Waals surface area contributed by atoms with Gasteiger partial charge in [0.2, 0.25) is 0 Å². The van der Waals surface area contributed by atoms with Crippen LogP contribution in [-0.2, 0) is 4.74 Å². The number of para-hydroxylation sites is 1. The Kier molecular flexibility index (Phi) is 5.41. The number of methoxy groups -OCH3 is 1. The Morgan fingerprint density at radius 3 is 2.60 bits per heavy atom. The molecule has 162 valence electrons. The molecule has 0 spiro atoms. The maximum absolute atomic E-state index is 13.2. The number of aromatic nitrogens is 1. The van der Waals surface area contributed by atoms with Crippen molar-refractivity contribution in [1.82, 2.24) is 15.2 Å². The van der Waals surface area contributed by atoms with Crippen molar-refractivity contribution >= 4 is 23.0 Å². The van der Waals surface area contributed by atoms with E-state index < -0.39 is 0 Å². The van der Waals surface area contributed by atoms with Gasteiger partial charge in [-0.15, -0.1) is 0 Å². The summed E-state index contributed by atoms with van der Waals surface area (Å²) in [6.07, 6.45) is 8.08. The Morgan fingerprint density at radius 2 is 1.90 bits per heavy atom. The molecule has 7 nitrogen and oxygen atoms in total. The molecule has 3 saturated heterocycles. The summed E-state index contributed by atoms with van der Waals surface area (Å²) in [4.78, 5) is 22.5. The molecule has 3 aliphatic heterocycles. The zero-order valence-corrected chi connectivity index (χ0v) is 18.0. The highest BCUT2D eigenvalue weighted by molar-refractivity contribution is 6.04. The summed E-state index contributed by atoms with van der Waals surface area (Å²) < 4.78 is 11.5. The van der Waals surface area contributed by atoms with Crippen molar-refractivity contribution in [2.24, 2.45) is 0 Å². The SMILES string of the molecule is COC1CCN(c2nc3c(C(=O)NC4CC5CCCC(C4)N5C)cccc3o2)CC1. The van der Waals surface area contributed by atoms with E-state index in [0.717, 1.165) is 38.8 Å². The van der Waals surface area contributed by atoms with Gasteiger partial charge in [-0.2, -0.15) is 4.98 Å². The van der Waals surface area contributed by atoms with E-state index in [9.17, 15) is 4.79 Å². The lowest BCUT2D eigenvalue weighted by atomic mass is 9.82. The Morgan fingerprint density at radius 1 is 1.17 bits per heavy atom. The average Bonchev–Trinajstić information content (AvgIpc) is 3.19. The van der Waals surface area contributed by atoms with Gasteiger partial charge in [-0.1, -0.05) is 12.5 Å². The third-order valence-corrected chi connectivity index (χ3v) is 7.37. The molecule has 30 heavy (non-hydrogen) atoms. The molecule has 2 bridgehead atoms. The fraction of sp³-hybridized carbons (Fsp3) is 0.652. The standard InChI is InChI=1S/C23H32N4O3/c1-26-16-5-3-6-17(26)14-15(13-16)24-22(28)19-7-4-8-20-21(19)25-23(30-20)27-11-9-18(29-2)10-12-27/h4,7-8,15-18H,3,5-6,9-14H2,1-2H3,(H,24,28). The highest BCUT2D eigenvalue weighted by Gasteiger charge is 2.36. The summed E-state index contributed by atoms with van der Waals surface area (Å²) >= 11 is 0. The topological polar surface area (TPSA) is 70.8 Å². The van der Waals surface area contributed by atoms with Gasteiger partial charge in [0, 0.05) is 38.3 Å². The van der Waals surface area contributed by atoms with Gasteiger partial charge in [-0.05, 0) is 57.7 Å². The molecule has 0 aliphatic carbocycles. The molecule has 1 amide bonds. The van der Waals surface area contributed by atoms with Gasteiger partial charge in [-0.3, -0.25) is 4.79 Å². The van der Waals surface area contributed by atoms with Crippen LogP contribution in [0.2, 0.25) is 0 Å². The quantitative estimate of drug-likeness (QED) is 0.832. The number of fused-ring (bicyclic) bond motifs is 3. The minimum Gasteiger partial charge on any atom is -0.423 e. The number of carbonyl (C=O) groups excluding carboxylic acids is 1. The van der Waals surface area contributed by atoms with E-state index in [1.807, 2.05) is 18.2 Å². The van der Waals surface area contributed by atoms with Crippen LogP contribution in [0.4, 0.5) is 6.01 Å². The summed E-state index contributed by atoms with van der Waals surface area (Å²) in [6, 6.07) is 7.65. The predicted octanol–water partition coefficient (Wildman–Crippen LogP) is 3.19. The molecule has 2 aromatic rings. The summed E-state index contributed by atoms with van der Waals surface area (Å²) in [7, 11) is 4.00. The molecule has 1 N–H and O–H groups in total. The van der Waals surface area contributed by atoms with Gasteiger partial charge in [-0.25, -0.2) is 0 Å². The van der Waals surface area contributed by atoms with Crippen molar-refractivity contribution in [3.63, 3.8) is 0 Å². The van der Waals surface area contributed by atoms with E-state index in [2.05, 4.69) is 22.2 Å². The fourth-order valence-electron chi connectivity index (χ4n) is 5.53. The molecule has 3 aliphatic rings. The first-order valence-electron chi connectivity index (χ1n) is 11.3. The minimum atomic E-state index is -0.0360. The maximum atomic E-state index is 13.2. The van der Waals surface area contributed by atoms with Gasteiger partial charge >= 0.3 is 0 Å². The summed E-state index contributed by atoms with van der Waals surface area (Å²) in [5, 5.41) is 3.30. The largest absolute Gasteiger partial charge is 0.423 e. The molecule has 0 saturated carbocycles. The molecule has 2 unspecified atom stereocenters. The molecule has 5 rings (SSSR count). The van der Waals surface area contributed by atoms with Gasteiger partial charge in [0.25, 0.3) is 11.9 Å². The summed E-state index contributed by atoms with van der Waals surface area (Å²) in [5.41, 5.74) is 1.94. The lowest BCUT2D eigenvalue weighted by Crippen LogP contribution is -2.55. The molecule has 7 heteroatoms. The number of nitrogens with one attached hydrogen (secondary N) is 1. The second kappa shape index (κ2) is 8.19. The average molecular weight is 413 g/mol. The lowest BCUT2D eigenvalue weighted by molar-refractivity contribution is 0.0463. The van der Waals surface area contributed by atoms with Crippen molar-refractivity contribution in [2.45, 2.75) is 69.2 Å². The van der Waals surface area contributed by atoms with Gasteiger partial charge < -0.3 is 24.3 Å². The second-order valence-electron chi connectivity index (χ2n) is 9.12. The third kappa shape index (κ3) is 3.69. The molecular weight excluding hydrogens is 380 g/mol. The summed E-state index contributed by atoms with van der Waals surface area (Å²) in [6.45, 7) is 1.70. The normalized spacial score (nSPS) is 28.1. The second-order valence-corrected chi connectivity index (χ2v) is 9.12. The number of anilines is 1. The number of hydrogen-bond donors (Lipinski definition) is 1. The van der Waals surface area contributed by atoms with Crippen LogP contribution >= 0.6 is 0 Å². The Balaban J connectivity index is 1.32. The number of carbonyl (C=O) groups is 1. The van der Waals surface area contributed by atoms with Crippen LogP contribution in [0.3, 0.4) is 0 Å². The van der Waals surface area contributed by atoms with Gasteiger partial charge in [0.15, 0.2) is 5.58 Å². The molecule has 1 aromatic carbocycles. The Labute approximate surface area is 177 Å². The monoisotopic (exact) mass is 412 g/mol. The Bertz CT molecular complexity index is 891. The van der Waals surface area contributed by atoms with Crippen LogP contribution in [0.1, 0.15) is 55.3 Å². The number of nitrogens with zero attached hydrogens (tertiary/aromatic N) is 3. The van der Waals surface area contributed by atoms with Gasteiger partial charge in [0.05, 0.1) is 11.7 Å². The lowest BCUT2D eigenvalue weighted by Gasteiger charge is -2.47. The number of amides is 1. The number of hydrogen-bond acceptors (Lipinski definition) is 6. The van der Waals surface area contributed by atoms with Crippen LogP contribution < -0.4 is 10.2 Å². The number of ether oxygens (including phenoxy) is 1. The summed E-state index contributed by atoms with van der Waals surface area (Å²) in [5.74, 6) is -0.0360. The highest BCUT2D eigenvalue weighted by Crippen LogP contribution is 2.33. The number of rotatable bonds is 4. The molecule has 4 heterocycles. The predicted molar refractivity (Wildman–Crippen MR) is 116 cm³/mol. The maximum Gasteiger partial charge on any atom is 0.298 e. The van der Waals surface area contributed by atoms with E-state index in [1.165, 1.54) is 19.3 Å². The number of piperidine rings is 3. The Hall–Kier alpha value is -2.12. The van der Waals surface area contributed by atoms with Crippen LogP contribution in [0.25, 0.3) is 11.1 Å². The number of oxazole rings is 1. The van der Waals surface area contributed by atoms with E-state index in [-0.39, 0.29) is 11.9 Å². The van der Waals surface area contributed by atoms with Crippen molar-refractivity contribution in [1.29, 1.82) is 0 Å². The highest BCUT2D eigenvalue weighted by atomic mass is 16.5. The fourth-order valence-corrected chi connectivity index (χ4v) is 5.53. The van der Waals surface area contributed by atoms with E-state index in [4.69, 9.17) is 14.1 Å².